The molecule has 1 amide bonds. The molecule has 0 aliphatic carbocycles. The predicted octanol–water partition coefficient (Wildman–Crippen LogP) is 3.98. The molecule has 9 heteroatoms. The Balaban J connectivity index is 1.15. The van der Waals surface area contributed by atoms with Crippen molar-refractivity contribution in [3.63, 3.8) is 0 Å². The lowest BCUT2D eigenvalue weighted by Gasteiger charge is -2.05. The summed E-state index contributed by atoms with van der Waals surface area (Å²) in [6, 6.07) is 19.2. The molecule has 0 radical (unpaired) electrons. The van der Waals surface area contributed by atoms with Gasteiger partial charge in [0, 0.05) is 15.6 Å². The Morgan fingerprint density at radius 3 is 2.81 bits per heavy atom. The molecule has 2 aromatic carbocycles. The summed E-state index contributed by atoms with van der Waals surface area (Å²) < 4.78 is 13.8. The van der Waals surface area contributed by atoms with Gasteiger partial charge < -0.3 is 14.6 Å². The zero-order valence-corrected chi connectivity index (χ0v) is 17.1. The third-order valence-corrected chi connectivity index (χ3v) is 5.71. The van der Waals surface area contributed by atoms with Crippen molar-refractivity contribution in [3.8, 4) is 11.4 Å². The largest absolute Gasteiger partial charge is 0.486 e. The zero-order chi connectivity index (χ0) is 21.0. The first-order chi connectivity index (χ1) is 15.2. The molecule has 3 aromatic heterocycles. The number of amides is 1. The first kappa shape index (κ1) is 19.0. The molecule has 0 unspecified atom stereocenters. The fraction of sp³-hybridized carbons (Fsp3) is 0.0909. The highest BCUT2D eigenvalue weighted by atomic mass is 32.1. The molecular formula is C22H17N5O3S. The molecule has 0 saturated carbocycles. The third kappa shape index (κ3) is 4.31. The molecule has 1 N–H and O–H groups in total. The second-order valence-electron chi connectivity index (χ2n) is 6.73. The Labute approximate surface area is 181 Å². The van der Waals surface area contributed by atoms with Crippen molar-refractivity contribution in [1.29, 1.82) is 0 Å². The third-order valence-electron chi connectivity index (χ3n) is 4.59. The van der Waals surface area contributed by atoms with Crippen LogP contribution in [0.15, 0.2) is 77.8 Å². The van der Waals surface area contributed by atoms with Gasteiger partial charge in [0.15, 0.2) is 11.5 Å². The van der Waals surface area contributed by atoms with E-state index in [4.69, 9.17) is 9.26 Å². The van der Waals surface area contributed by atoms with Crippen molar-refractivity contribution in [1.82, 2.24) is 25.2 Å². The van der Waals surface area contributed by atoms with E-state index < -0.39 is 0 Å². The van der Waals surface area contributed by atoms with Crippen molar-refractivity contribution in [3.05, 3.63) is 89.6 Å². The molecule has 0 fully saturated rings. The summed E-state index contributed by atoms with van der Waals surface area (Å²) in [4.78, 5) is 17.4. The number of carbonyl (C=O) groups is 1. The molecule has 5 rings (SSSR count). The normalized spacial score (nSPS) is 11.0. The minimum atomic E-state index is -0.287. The minimum Gasteiger partial charge on any atom is -0.486 e. The van der Waals surface area contributed by atoms with Crippen molar-refractivity contribution in [2.24, 2.45) is 0 Å². The van der Waals surface area contributed by atoms with Crippen LogP contribution in [0.1, 0.15) is 21.1 Å². The van der Waals surface area contributed by atoms with Gasteiger partial charge in [-0.15, -0.1) is 11.3 Å². The SMILES string of the molecule is O=C(NCc1cc2ccccc2s1)c1cc(COc2ccc(-n3cncn3)cc2)on1. The van der Waals surface area contributed by atoms with Gasteiger partial charge in [0.1, 0.15) is 25.0 Å². The number of thiophene rings is 1. The fourth-order valence-corrected chi connectivity index (χ4v) is 4.07. The molecular weight excluding hydrogens is 414 g/mol. The van der Waals surface area contributed by atoms with E-state index in [1.165, 1.54) is 16.4 Å². The summed E-state index contributed by atoms with van der Waals surface area (Å²) in [5, 5.41) is 12.0. The number of hydrogen-bond donors (Lipinski definition) is 1. The van der Waals surface area contributed by atoms with Crippen LogP contribution < -0.4 is 10.1 Å². The molecule has 8 nitrogen and oxygen atoms in total. The molecule has 0 saturated heterocycles. The van der Waals surface area contributed by atoms with Crippen LogP contribution in [0.25, 0.3) is 15.8 Å². The van der Waals surface area contributed by atoms with E-state index in [2.05, 4.69) is 38.8 Å². The number of ether oxygens (including phenoxy) is 1. The average molecular weight is 431 g/mol. The highest BCUT2D eigenvalue weighted by Gasteiger charge is 2.13. The summed E-state index contributed by atoms with van der Waals surface area (Å²) in [6.45, 7) is 0.605. The summed E-state index contributed by atoms with van der Waals surface area (Å²) in [5.74, 6) is 0.841. The molecule has 31 heavy (non-hydrogen) atoms. The van der Waals surface area contributed by atoms with Gasteiger partial charge in [-0.05, 0) is 41.8 Å². The predicted molar refractivity (Wildman–Crippen MR) is 115 cm³/mol. The Bertz CT molecular complexity index is 1280. The summed E-state index contributed by atoms with van der Waals surface area (Å²) in [6.07, 6.45) is 3.10. The van der Waals surface area contributed by atoms with Crippen LogP contribution in [-0.2, 0) is 13.2 Å². The van der Waals surface area contributed by atoms with Crippen LogP contribution >= 0.6 is 11.3 Å². The van der Waals surface area contributed by atoms with E-state index in [0.717, 1.165) is 10.6 Å². The zero-order valence-electron chi connectivity index (χ0n) is 16.3. The monoisotopic (exact) mass is 431 g/mol. The average Bonchev–Trinajstić information content (AvgIpc) is 3.57. The van der Waals surface area contributed by atoms with Crippen LogP contribution in [0.3, 0.4) is 0 Å². The Hall–Kier alpha value is -3.98. The molecule has 154 valence electrons. The number of rotatable bonds is 7. The highest BCUT2D eigenvalue weighted by molar-refractivity contribution is 7.19. The lowest BCUT2D eigenvalue weighted by Crippen LogP contribution is -2.22. The molecule has 0 spiro atoms. The summed E-state index contributed by atoms with van der Waals surface area (Å²) in [5.41, 5.74) is 1.10. The van der Waals surface area contributed by atoms with Crippen LogP contribution in [0.2, 0.25) is 0 Å². The van der Waals surface area contributed by atoms with Gasteiger partial charge in [0.2, 0.25) is 0 Å². The van der Waals surface area contributed by atoms with E-state index in [9.17, 15) is 4.79 Å². The molecule has 0 atom stereocenters. The number of fused-ring (bicyclic) bond motifs is 1. The number of carbonyl (C=O) groups excluding carboxylic acids is 1. The van der Waals surface area contributed by atoms with Gasteiger partial charge in [-0.25, -0.2) is 9.67 Å². The minimum absolute atomic E-state index is 0.166. The number of aromatic nitrogens is 4. The summed E-state index contributed by atoms with van der Waals surface area (Å²) in [7, 11) is 0. The molecule has 0 aliphatic rings. The number of benzene rings is 2. The maximum absolute atomic E-state index is 12.4. The topological polar surface area (TPSA) is 95.1 Å². The number of hydrogen-bond acceptors (Lipinski definition) is 7. The van der Waals surface area contributed by atoms with Crippen molar-refractivity contribution in [2.45, 2.75) is 13.2 Å². The maximum Gasteiger partial charge on any atom is 0.273 e. The van der Waals surface area contributed by atoms with E-state index in [-0.39, 0.29) is 18.2 Å². The second kappa shape index (κ2) is 8.41. The van der Waals surface area contributed by atoms with E-state index in [1.54, 1.807) is 28.4 Å². The Morgan fingerprint density at radius 2 is 2.00 bits per heavy atom. The van der Waals surface area contributed by atoms with E-state index in [0.29, 0.717) is 18.1 Å². The van der Waals surface area contributed by atoms with Crippen LogP contribution in [-0.4, -0.2) is 25.8 Å². The lowest BCUT2D eigenvalue weighted by atomic mass is 10.2. The van der Waals surface area contributed by atoms with Crippen LogP contribution in [0.5, 0.6) is 5.75 Å². The first-order valence-corrected chi connectivity index (χ1v) is 10.4. The first-order valence-electron chi connectivity index (χ1n) is 9.54. The van der Waals surface area contributed by atoms with Crippen LogP contribution in [0, 0.1) is 0 Å². The molecule has 0 aliphatic heterocycles. The molecule has 5 aromatic rings. The van der Waals surface area contributed by atoms with Crippen molar-refractivity contribution in [2.75, 3.05) is 0 Å². The van der Waals surface area contributed by atoms with Crippen molar-refractivity contribution < 1.29 is 14.1 Å². The van der Waals surface area contributed by atoms with Crippen LogP contribution in [0.4, 0.5) is 0 Å². The lowest BCUT2D eigenvalue weighted by molar-refractivity contribution is 0.0942. The number of nitrogens with one attached hydrogen (secondary N) is 1. The van der Waals surface area contributed by atoms with Gasteiger partial charge in [-0.1, -0.05) is 23.4 Å². The standard InChI is InChI=1S/C22H17N5O3S/c28-22(24-11-19-9-15-3-1-2-4-21(15)31-19)20-10-18(30-26-20)12-29-17-7-5-16(6-8-17)27-14-23-13-25-27/h1-10,13-14H,11-12H2,(H,24,28). The Morgan fingerprint density at radius 1 is 1.13 bits per heavy atom. The van der Waals surface area contributed by atoms with E-state index >= 15 is 0 Å². The number of nitrogens with zero attached hydrogens (tertiary/aromatic N) is 4. The summed E-state index contributed by atoms with van der Waals surface area (Å²) >= 11 is 1.66. The molecule has 3 heterocycles. The smallest absolute Gasteiger partial charge is 0.273 e. The molecule has 0 bridgehead atoms. The highest BCUT2D eigenvalue weighted by Crippen LogP contribution is 2.25. The fourth-order valence-electron chi connectivity index (χ4n) is 3.06. The van der Waals surface area contributed by atoms with Gasteiger partial charge in [0.05, 0.1) is 12.2 Å². The maximum atomic E-state index is 12.4. The Kier molecular flexibility index (Phi) is 5.16. The van der Waals surface area contributed by atoms with Gasteiger partial charge in [0.25, 0.3) is 5.91 Å². The van der Waals surface area contributed by atoms with Crippen molar-refractivity contribution >= 4 is 27.3 Å². The quantitative estimate of drug-likeness (QED) is 0.419. The van der Waals surface area contributed by atoms with Gasteiger partial charge in [-0.3, -0.25) is 4.79 Å². The van der Waals surface area contributed by atoms with Gasteiger partial charge in [-0.2, -0.15) is 5.10 Å². The van der Waals surface area contributed by atoms with Gasteiger partial charge >= 0.3 is 0 Å². The van der Waals surface area contributed by atoms with E-state index in [1.807, 2.05) is 36.4 Å². The second-order valence-corrected chi connectivity index (χ2v) is 7.90.